The Morgan fingerprint density at radius 1 is 1.38 bits per heavy atom. The standard InChI is InChI=1S/C15H22F3N3O3/c1-2-7-21(8-9-22)14(23)19-6-5-12-3-4-13(20-10-12)24-11-15(16,17)18/h3-4,10,22H,2,5-9,11H2,1H3,(H,19,23). The first-order valence-electron chi connectivity index (χ1n) is 7.64. The minimum atomic E-state index is -4.40. The van der Waals surface area contributed by atoms with Gasteiger partial charge in [-0.2, -0.15) is 13.2 Å². The number of nitrogens with zero attached hydrogens (tertiary/aromatic N) is 2. The summed E-state index contributed by atoms with van der Waals surface area (Å²) in [6.45, 7) is 1.64. The SMILES string of the molecule is CCCN(CCO)C(=O)NCCc1ccc(OCC(F)(F)F)nc1. The topological polar surface area (TPSA) is 74.7 Å². The van der Waals surface area contributed by atoms with Crippen LogP contribution in [0.15, 0.2) is 18.3 Å². The van der Waals surface area contributed by atoms with Crippen LogP contribution in [0.3, 0.4) is 0 Å². The summed E-state index contributed by atoms with van der Waals surface area (Å²) in [5.41, 5.74) is 0.763. The van der Waals surface area contributed by atoms with Gasteiger partial charge in [-0.25, -0.2) is 9.78 Å². The predicted molar refractivity (Wildman–Crippen MR) is 81.8 cm³/mol. The van der Waals surface area contributed by atoms with E-state index in [9.17, 15) is 18.0 Å². The number of rotatable bonds is 9. The number of ether oxygens (including phenoxy) is 1. The third-order valence-electron chi connectivity index (χ3n) is 3.02. The van der Waals surface area contributed by atoms with Crippen LogP contribution in [0.5, 0.6) is 5.88 Å². The second-order valence-corrected chi connectivity index (χ2v) is 5.10. The summed E-state index contributed by atoms with van der Waals surface area (Å²) in [7, 11) is 0. The summed E-state index contributed by atoms with van der Waals surface area (Å²) in [6.07, 6.45) is -1.72. The summed E-state index contributed by atoms with van der Waals surface area (Å²) in [5, 5.41) is 11.7. The van der Waals surface area contributed by atoms with Crippen LogP contribution in [0, 0.1) is 0 Å². The van der Waals surface area contributed by atoms with E-state index in [2.05, 4.69) is 15.0 Å². The largest absolute Gasteiger partial charge is 0.468 e. The van der Waals surface area contributed by atoms with Crippen molar-refractivity contribution < 1.29 is 27.8 Å². The highest BCUT2D eigenvalue weighted by Gasteiger charge is 2.28. The van der Waals surface area contributed by atoms with Crippen LogP contribution < -0.4 is 10.1 Å². The number of aliphatic hydroxyl groups is 1. The molecule has 2 amide bonds. The van der Waals surface area contributed by atoms with E-state index in [1.165, 1.54) is 17.2 Å². The van der Waals surface area contributed by atoms with E-state index >= 15 is 0 Å². The van der Waals surface area contributed by atoms with Crippen molar-refractivity contribution in [1.29, 1.82) is 0 Å². The second kappa shape index (κ2) is 9.96. The summed E-state index contributed by atoms with van der Waals surface area (Å²) in [4.78, 5) is 17.2. The summed E-state index contributed by atoms with van der Waals surface area (Å²) >= 11 is 0. The van der Waals surface area contributed by atoms with E-state index in [0.717, 1.165) is 12.0 Å². The predicted octanol–water partition coefficient (Wildman–Crippen LogP) is 1.98. The lowest BCUT2D eigenvalue weighted by Gasteiger charge is -2.21. The molecular formula is C15H22F3N3O3. The van der Waals surface area contributed by atoms with E-state index in [1.807, 2.05) is 6.92 Å². The number of carbonyl (C=O) groups excluding carboxylic acids is 1. The fraction of sp³-hybridized carbons (Fsp3) is 0.600. The van der Waals surface area contributed by atoms with Crippen LogP contribution in [0.1, 0.15) is 18.9 Å². The van der Waals surface area contributed by atoms with Crippen molar-refractivity contribution in [2.75, 3.05) is 32.8 Å². The second-order valence-electron chi connectivity index (χ2n) is 5.10. The number of carbonyl (C=O) groups is 1. The number of urea groups is 1. The van der Waals surface area contributed by atoms with E-state index in [4.69, 9.17) is 5.11 Å². The minimum Gasteiger partial charge on any atom is -0.468 e. The first-order valence-corrected chi connectivity index (χ1v) is 7.64. The van der Waals surface area contributed by atoms with Crippen molar-refractivity contribution in [2.24, 2.45) is 0 Å². The van der Waals surface area contributed by atoms with Crippen molar-refractivity contribution in [3.63, 3.8) is 0 Å². The average Bonchev–Trinajstić information content (AvgIpc) is 2.53. The number of hydrogen-bond acceptors (Lipinski definition) is 4. The molecule has 0 spiro atoms. The van der Waals surface area contributed by atoms with Gasteiger partial charge in [0.2, 0.25) is 5.88 Å². The highest BCUT2D eigenvalue weighted by atomic mass is 19.4. The van der Waals surface area contributed by atoms with Crippen LogP contribution in [0.2, 0.25) is 0 Å². The molecule has 0 unspecified atom stereocenters. The van der Waals surface area contributed by atoms with Gasteiger partial charge in [-0.3, -0.25) is 0 Å². The molecule has 136 valence electrons. The molecule has 0 atom stereocenters. The van der Waals surface area contributed by atoms with Crippen molar-refractivity contribution in [1.82, 2.24) is 15.2 Å². The first-order chi connectivity index (χ1) is 11.4. The van der Waals surface area contributed by atoms with E-state index in [1.54, 1.807) is 6.07 Å². The van der Waals surface area contributed by atoms with Gasteiger partial charge < -0.3 is 20.1 Å². The normalized spacial score (nSPS) is 11.2. The number of pyridine rings is 1. The number of halogens is 3. The molecule has 0 aliphatic rings. The highest BCUT2D eigenvalue weighted by Crippen LogP contribution is 2.17. The zero-order valence-corrected chi connectivity index (χ0v) is 13.5. The van der Waals surface area contributed by atoms with Gasteiger partial charge in [0, 0.05) is 31.9 Å². The maximum atomic E-state index is 12.0. The first kappa shape index (κ1) is 20.0. The Hall–Kier alpha value is -2.03. The molecule has 0 aliphatic heterocycles. The molecule has 1 aromatic heterocycles. The maximum absolute atomic E-state index is 12.0. The fourth-order valence-electron chi connectivity index (χ4n) is 1.93. The van der Waals surface area contributed by atoms with Gasteiger partial charge in [0.05, 0.1) is 6.61 Å². The molecule has 0 aromatic carbocycles. The molecule has 1 heterocycles. The average molecular weight is 349 g/mol. The van der Waals surface area contributed by atoms with Crippen LogP contribution >= 0.6 is 0 Å². The Bertz CT molecular complexity index is 489. The van der Waals surface area contributed by atoms with Crippen molar-refractivity contribution in [2.45, 2.75) is 25.9 Å². The molecule has 1 rings (SSSR count). The zero-order valence-electron chi connectivity index (χ0n) is 13.5. The molecule has 0 radical (unpaired) electrons. The molecule has 0 saturated heterocycles. The molecule has 0 fully saturated rings. The van der Waals surface area contributed by atoms with Crippen molar-refractivity contribution in [3.8, 4) is 5.88 Å². The lowest BCUT2D eigenvalue weighted by molar-refractivity contribution is -0.154. The summed E-state index contributed by atoms with van der Waals surface area (Å²) in [5.74, 6) is -0.0998. The molecular weight excluding hydrogens is 327 g/mol. The number of hydrogen-bond donors (Lipinski definition) is 2. The molecule has 1 aromatic rings. The number of aromatic nitrogens is 1. The lowest BCUT2D eigenvalue weighted by Crippen LogP contribution is -2.42. The minimum absolute atomic E-state index is 0.0998. The maximum Gasteiger partial charge on any atom is 0.422 e. The summed E-state index contributed by atoms with van der Waals surface area (Å²) in [6, 6.07) is 2.70. The molecule has 24 heavy (non-hydrogen) atoms. The molecule has 0 bridgehead atoms. The quantitative estimate of drug-likeness (QED) is 0.715. The fourth-order valence-corrected chi connectivity index (χ4v) is 1.93. The Balaban J connectivity index is 2.38. The third kappa shape index (κ3) is 8.00. The van der Waals surface area contributed by atoms with E-state index in [-0.39, 0.29) is 25.1 Å². The van der Waals surface area contributed by atoms with E-state index in [0.29, 0.717) is 19.5 Å². The van der Waals surface area contributed by atoms with Gasteiger partial charge in [-0.05, 0) is 18.4 Å². The van der Waals surface area contributed by atoms with Crippen molar-refractivity contribution >= 4 is 6.03 Å². The zero-order chi connectivity index (χ0) is 18.0. The smallest absolute Gasteiger partial charge is 0.422 e. The van der Waals surface area contributed by atoms with Crippen LogP contribution in [-0.4, -0.2) is 60.0 Å². The number of aliphatic hydroxyl groups excluding tert-OH is 1. The van der Waals surface area contributed by atoms with E-state index < -0.39 is 12.8 Å². The molecule has 9 heteroatoms. The van der Waals surface area contributed by atoms with Crippen LogP contribution in [0.4, 0.5) is 18.0 Å². The van der Waals surface area contributed by atoms with Gasteiger partial charge >= 0.3 is 12.2 Å². The van der Waals surface area contributed by atoms with Crippen LogP contribution in [-0.2, 0) is 6.42 Å². The lowest BCUT2D eigenvalue weighted by atomic mass is 10.2. The number of amides is 2. The molecule has 0 saturated carbocycles. The van der Waals surface area contributed by atoms with Gasteiger partial charge in [-0.15, -0.1) is 0 Å². The summed E-state index contributed by atoms with van der Waals surface area (Å²) < 4.78 is 40.6. The van der Waals surface area contributed by atoms with Gasteiger partial charge in [0.25, 0.3) is 0 Å². The Morgan fingerprint density at radius 3 is 2.67 bits per heavy atom. The number of alkyl halides is 3. The Kier molecular flexibility index (Phi) is 8.31. The molecule has 2 N–H and O–H groups in total. The van der Waals surface area contributed by atoms with Gasteiger partial charge in [0.1, 0.15) is 0 Å². The third-order valence-corrected chi connectivity index (χ3v) is 3.02. The van der Waals surface area contributed by atoms with Crippen LogP contribution in [0.25, 0.3) is 0 Å². The molecule has 0 aliphatic carbocycles. The number of nitrogens with one attached hydrogen (secondary N) is 1. The Labute approximate surface area is 138 Å². The highest BCUT2D eigenvalue weighted by molar-refractivity contribution is 5.74. The van der Waals surface area contributed by atoms with Gasteiger partial charge in [-0.1, -0.05) is 13.0 Å². The molecule has 6 nitrogen and oxygen atoms in total. The Morgan fingerprint density at radius 2 is 2.12 bits per heavy atom. The van der Waals surface area contributed by atoms with Gasteiger partial charge in [0.15, 0.2) is 6.61 Å². The monoisotopic (exact) mass is 349 g/mol. The van der Waals surface area contributed by atoms with Crippen molar-refractivity contribution in [3.05, 3.63) is 23.9 Å².